The van der Waals surface area contributed by atoms with Crippen LogP contribution in [0.5, 0.6) is 5.75 Å². The third-order valence-corrected chi connectivity index (χ3v) is 5.67. The van der Waals surface area contributed by atoms with Crippen molar-refractivity contribution in [3.8, 4) is 11.8 Å². The van der Waals surface area contributed by atoms with Crippen LogP contribution in [0.2, 0.25) is 0 Å². The molecule has 0 radical (unpaired) electrons. The van der Waals surface area contributed by atoms with Gasteiger partial charge >= 0.3 is 0 Å². The van der Waals surface area contributed by atoms with Crippen LogP contribution in [0.1, 0.15) is 18.9 Å². The molecular formula is C17H20N2O4S. The Morgan fingerprint density at radius 3 is 2.83 bits per heavy atom. The summed E-state index contributed by atoms with van der Waals surface area (Å²) in [5.41, 5.74) is 0.343. The normalized spacial score (nSPS) is 19.9. The molecule has 2 rings (SSSR count). The molecule has 128 valence electrons. The number of rotatable bonds is 6. The Bertz CT molecular complexity index is 767. The number of para-hydroxylation sites is 1. The second-order valence-electron chi connectivity index (χ2n) is 5.70. The minimum Gasteiger partial charge on any atom is -0.480 e. The topological polar surface area (TPSA) is 87.5 Å². The highest BCUT2D eigenvalue weighted by atomic mass is 32.2. The number of sulfone groups is 1. The fraction of sp³-hybridized carbons (Fsp3) is 0.412. The molecule has 0 N–H and O–H groups in total. The van der Waals surface area contributed by atoms with E-state index in [2.05, 4.69) is 6.58 Å². The van der Waals surface area contributed by atoms with E-state index in [1.165, 1.54) is 4.90 Å². The summed E-state index contributed by atoms with van der Waals surface area (Å²) in [5.74, 6) is 0.0716. The molecule has 0 bridgehead atoms. The number of hydrogen-bond donors (Lipinski definition) is 0. The number of carbonyl (C=O) groups is 1. The van der Waals surface area contributed by atoms with Crippen LogP contribution in [0.4, 0.5) is 0 Å². The van der Waals surface area contributed by atoms with Gasteiger partial charge in [-0.15, -0.1) is 6.58 Å². The highest BCUT2D eigenvalue weighted by molar-refractivity contribution is 7.91. The molecule has 0 saturated carbocycles. The first kappa shape index (κ1) is 18.0. The standard InChI is InChI=1S/C17H20N2O4S/c1-3-9-19(15-8-10-24(21,22)12-15)17(20)13(2)23-16-7-5-4-6-14(16)11-18/h3-7,13,15H,1,8-10,12H2,2H3/t13-,15+/m0/s1. The van der Waals surface area contributed by atoms with Crippen molar-refractivity contribution in [3.05, 3.63) is 42.5 Å². The average Bonchev–Trinajstić information content (AvgIpc) is 2.92. The highest BCUT2D eigenvalue weighted by Gasteiger charge is 2.36. The average molecular weight is 348 g/mol. The summed E-state index contributed by atoms with van der Waals surface area (Å²) in [6.45, 7) is 5.48. The predicted molar refractivity (Wildman–Crippen MR) is 90.2 cm³/mol. The Hall–Kier alpha value is -2.33. The van der Waals surface area contributed by atoms with Crippen molar-refractivity contribution in [3.63, 3.8) is 0 Å². The molecule has 0 aromatic heterocycles. The zero-order valence-electron chi connectivity index (χ0n) is 13.5. The van der Waals surface area contributed by atoms with Crippen LogP contribution in [-0.4, -0.2) is 49.4 Å². The summed E-state index contributed by atoms with van der Waals surface area (Å²) in [7, 11) is -3.10. The summed E-state index contributed by atoms with van der Waals surface area (Å²) in [6.07, 6.45) is 1.16. The predicted octanol–water partition coefficient (Wildman–Crippen LogP) is 1.53. The fourth-order valence-electron chi connectivity index (χ4n) is 2.72. The largest absolute Gasteiger partial charge is 0.480 e. The quantitative estimate of drug-likeness (QED) is 0.728. The van der Waals surface area contributed by atoms with Gasteiger partial charge in [0.15, 0.2) is 15.9 Å². The first-order valence-corrected chi connectivity index (χ1v) is 9.47. The van der Waals surface area contributed by atoms with Crippen LogP contribution in [0, 0.1) is 11.3 Å². The van der Waals surface area contributed by atoms with Gasteiger partial charge in [-0.3, -0.25) is 4.79 Å². The number of hydrogen-bond acceptors (Lipinski definition) is 5. The Morgan fingerprint density at radius 1 is 1.54 bits per heavy atom. The number of ether oxygens (including phenoxy) is 1. The van der Waals surface area contributed by atoms with Crippen molar-refractivity contribution in [2.24, 2.45) is 0 Å². The molecule has 6 nitrogen and oxygen atoms in total. The molecule has 24 heavy (non-hydrogen) atoms. The fourth-order valence-corrected chi connectivity index (χ4v) is 4.45. The maximum atomic E-state index is 12.7. The van der Waals surface area contributed by atoms with Crippen molar-refractivity contribution in [1.29, 1.82) is 5.26 Å². The molecule has 1 aliphatic heterocycles. The van der Waals surface area contributed by atoms with E-state index in [0.29, 0.717) is 17.7 Å². The van der Waals surface area contributed by atoms with Gasteiger partial charge in [0.05, 0.1) is 17.1 Å². The van der Waals surface area contributed by atoms with Gasteiger partial charge in [0.2, 0.25) is 0 Å². The molecular weight excluding hydrogens is 328 g/mol. The Balaban J connectivity index is 2.14. The monoisotopic (exact) mass is 348 g/mol. The molecule has 1 heterocycles. The summed E-state index contributed by atoms with van der Waals surface area (Å²) in [5, 5.41) is 9.09. The summed E-state index contributed by atoms with van der Waals surface area (Å²) >= 11 is 0. The smallest absolute Gasteiger partial charge is 0.263 e. The molecule has 2 atom stereocenters. The lowest BCUT2D eigenvalue weighted by Crippen LogP contribution is -2.47. The second kappa shape index (κ2) is 7.49. The van der Waals surface area contributed by atoms with Crippen LogP contribution < -0.4 is 4.74 Å². The molecule has 0 unspecified atom stereocenters. The zero-order chi connectivity index (χ0) is 17.7. The van der Waals surface area contributed by atoms with Gasteiger partial charge in [-0.25, -0.2) is 8.42 Å². The van der Waals surface area contributed by atoms with E-state index >= 15 is 0 Å². The van der Waals surface area contributed by atoms with E-state index < -0.39 is 15.9 Å². The molecule has 0 spiro atoms. The van der Waals surface area contributed by atoms with Gasteiger partial charge in [-0.05, 0) is 25.5 Å². The molecule has 0 aliphatic carbocycles. The molecule has 1 fully saturated rings. The lowest BCUT2D eigenvalue weighted by Gasteiger charge is -2.29. The van der Waals surface area contributed by atoms with Crippen LogP contribution in [0.25, 0.3) is 0 Å². The second-order valence-corrected chi connectivity index (χ2v) is 7.93. The SMILES string of the molecule is C=CCN(C(=O)[C@H](C)Oc1ccccc1C#N)[C@@H]1CCS(=O)(=O)C1. The number of amides is 1. The molecule has 1 amide bonds. The third kappa shape index (κ3) is 4.15. The van der Waals surface area contributed by atoms with E-state index in [0.717, 1.165) is 0 Å². The van der Waals surface area contributed by atoms with E-state index in [1.807, 2.05) is 6.07 Å². The van der Waals surface area contributed by atoms with Crippen LogP contribution in [0.15, 0.2) is 36.9 Å². The first-order valence-electron chi connectivity index (χ1n) is 7.65. The zero-order valence-corrected chi connectivity index (χ0v) is 14.3. The van der Waals surface area contributed by atoms with Crippen molar-refractivity contribution in [2.45, 2.75) is 25.5 Å². The van der Waals surface area contributed by atoms with Crippen LogP contribution >= 0.6 is 0 Å². The number of carbonyl (C=O) groups excluding carboxylic acids is 1. The van der Waals surface area contributed by atoms with Crippen molar-refractivity contribution < 1.29 is 17.9 Å². The lowest BCUT2D eigenvalue weighted by molar-refractivity contribution is -0.139. The van der Waals surface area contributed by atoms with Crippen LogP contribution in [-0.2, 0) is 14.6 Å². The third-order valence-electron chi connectivity index (χ3n) is 3.92. The van der Waals surface area contributed by atoms with E-state index in [9.17, 15) is 13.2 Å². The Morgan fingerprint density at radius 2 is 2.25 bits per heavy atom. The Labute approximate surface area is 142 Å². The summed E-state index contributed by atoms with van der Waals surface area (Å²) in [6, 6.07) is 8.32. The van der Waals surface area contributed by atoms with Gasteiger partial charge in [-0.1, -0.05) is 18.2 Å². The van der Waals surface area contributed by atoms with E-state index in [1.54, 1.807) is 37.3 Å². The maximum absolute atomic E-state index is 12.7. The minimum atomic E-state index is -3.10. The number of benzene rings is 1. The van der Waals surface area contributed by atoms with Crippen molar-refractivity contribution >= 4 is 15.7 Å². The Kier molecular flexibility index (Phi) is 5.62. The van der Waals surface area contributed by atoms with E-state index in [-0.39, 0.29) is 30.0 Å². The van der Waals surface area contributed by atoms with Gasteiger partial charge in [0.1, 0.15) is 11.8 Å². The van der Waals surface area contributed by atoms with Gasteiger partial charge < -0.3 is 9.64 Å². The van der Waals surface area contributed by atoms with Crippen molar-refractivity contribution in [2.75, 3.05) is 18.1 Å². The maximum Gasteiger partial charge on any atom is 0.263 e. The molecule has 1 aromatic rings. The van der Waals surface area contributed by atoms with Crippen LogP contribution in [0.3, 0.4) is 0 Å². The van der Waals surface area contributed by atoms with Gasteiger partial charge in [-0.2, -0.15) is 5.26 Å². The summed E-state index contributed by atoms with van der Waals surface area (Å²) < 4.78 is 29.0. The lowest BCUT2D eigenvalue weighted by atomic mass is 10.2. The first-order chi connectivity index (χ1) is 11.4. The molecule has 7 heteroatoms. The number of nitriles is 1. The minimum absolute atomic E-state index is 0.0336. The van der Waals surface area contributed by atoms with Gasteiger partial charge in [0.25, 0.3) is 5.91 Å². The number of nitrogens with zero attached hydrogens (tertiary/aromatic N) is 2. The van der Waals surface area contributed by atoms with Gasteiger partial charge in [0, 0.05) is 12.6 Å². The van der Waals surface area contributed by atoms with Crippen molar-refractivity contribution in [1.82, 2.24) is 4.90 Å². The van der Waals surface area contributed by atoms with E-state index in [4.69, 9.17) is 10.00 Å². The highest BCUT2D eigenvalue weighted by Crippen LogP contribution is 2.22. The molecule has 1 saturated heterocycles. The molecule has 1 aromatic carbocycles. The molecule has 1 aliphatic rings. The summed E-state index contributed by atoms with van der Waals surface area (Å²) in [4.78, 5) is 14.2.